The Balaban J connectivity index is 2.46. The SMILES string of the molecule is CC(=NOC(C)(C)C)Oc1ccc[n+]([O-])c1C(=O)c1cc(Br)c(C#N)cc1O. The normalized spacial score (nSPS) is 11.6. The maximum atomic E-state index is 12.9. The minimum atomic E-state index is -0.780. The Hall–Kier alpha value is -3.12. The molecule has 1 aromatic heterocycles. The number of nitriles is 1. The molecule has 0 bridgehead atoms. The first-order valence-corrected chi connectivity index (χ1v) is 8.93. The van der Waals surface area contributed by atoms with E-state index in [1.165, 1.54) is 25.1 Å². The predicted molar refractivity (Wildman–Crippen MR) is 104 cm³/mol. The zero-order valence-corrected chi connectivity index (χ0v) is 17.3. The summed E-state index contributed by atoms with van der Waals surface area (Å²) in [5.74, 6) is -1.18. The number of phenolic OH excluding ortho intramolecular Hbond substituents is 1. The Morgan fingerprint density at radius 3 is 2.68 bits per heavy atom. The van der Waals surface area contributed by atoms with Crippen LogP contribution in [0.3, 0.4) is 0 Å². The van der Waals surface area contributed by atoms with Crippen LogP contribution >= 0.6 is 15.9 Å². The quantitative estimate of drug-likeness (QED) is 0.191. The Morgan fingerprint density at radius 1 is 1.39 bits per heavy atom. The summed E-state index contributed by atoms with van der Waals surface area (Å²) in [5, 5.41) is 35.2. The maximum absolute atomic E-state index is 12.9. The smallest absolute Gasteiger partial charge is 0.308 e. The highest BCUT2D eigenvalue weighted by Crippen LogP contribution is 2.29. The Morgan fingerprint density at radius 2 is 2.07 bits per heavy atom. The van der Waals surface area contributed by atoms with Crippen LogP contribution in [0.4, 0.5) is 0 Å². The van der Waals surface area contributed by atoms with E-state index in [1.54, 1.807) is 20.8 Å². The van der Waals surface area contributed by atoms with Gasteiger partial charge < -0.3 is 19.9 Å². The van der Waals surface area contributed by atoms with E-state index < -0.39 is 17.1 Å². The number of phenols is 1. The molecule has 2 aromatic rings. The van der Waals surface area contributed by atoms with Crippen molar-refractivity contribution in [2.24, 2.45) is 5.16 Å². The van der Waals surface area contributed by atoms with Crippen molar-refractivity contribution >= 4 is 27.6 Å². The Kier molecular flexibility index (Phi) is 6.26. The number of pyridine rings is 1. The van der Waals surface area contributed by atoms with Crippen molar-refractivity contribution < 1.29 is 24.2 Å². The van der Waals surface area contributed by atoms with Gasteiger partial charge in [0.1, 0.15) is 17.4 Å². The molecule has 9 heteroatoms. The fourth-order valence-electron chi connectivity index (χ4n) is 2.10. The van der Waals surface area contributed by atoms with Crippen LogP contribution in [0.1, 0.15) is 49.3 Å². The second-order valence-corrected chi connectivity index (χ2v) is 7.61. The first-order valence-electron chi connectivity index (χ1n) is 8.13. The molecule has 2 rings (SSSR count). The van der Waals surface area contributed by atoms with Gasteiger partial charge in [0.2, 0.25) is 11.6 Å². The highest BCUT2D eigenvalue weighted by atomic mass is 79.9. The van der Waals surface area contributed by atoms with Gasteiger partial charge in [0.25, 0.3) is 5.78 Å². The minimum Gasteiger partial charge on any atom is -0.618 e. The van der Waals surface area contributed by atoms with Crippen LogP contribution in [0.15, 0.2) is 40.1 Å². The standard InChI is InChI=1S/C19H18BrN3O5/c1-11(22-28-19(2,3)4)27-16-6-5-7-23(26)17(16)18(25)13-9-14(20)12(10-21)8-15(13)24/h5-9,24H,1-4H3. The second-order valence-electron chi connectivity index (χ2n) is 6.75. The third kappa shape index (κ3) is 4.98. The van der Waals surface area contributed by atoms with E-state index in [2.05, 4.69) is 21.1 Å². The van der Waals surface area contributed by atoms with Gasteiger partial charge in [-0.1, -0.05) is 5.16 Å². The minimum absolute atomic E-state index is 0.0545. The zero-order chi connectivity index (χ0) is 21.1. The van der Waals surface area contributed by atoms with E-state index in [0.717, 1.165) is 12.3 Å². The van der Waals surface area contributed by atoms with Gasteiger partial charge in [-0.15, -0.1) is 0 Å². The topological polar surface area (TPSA) is 119 Å². The Labute approximate surface area is 170 Å². The molecule has 0 saturated carbocycles. The van der Waals surface area contributed by atoms with Gasteiger partial charge in [0.05, 0.1) is 11.1 Å². The van der Waals surface area contributed by atoms with Crippen LogP contribution in [0.2, 0.25) is 0 Å². The largest absolute Gasteiger partial charge is 0.618 e. The number of halogens is 1. The van der Waals surface area contributed by atoms with Gasteiger partial charge in [0, 0.05) is 17.5 Å². The fourth-order valence-corrected chi connectivity index (χ4v) is 2.53. The van der Waals surface area contributed by atoms with Crippen LogP contribution in [0.5, 0.6) is 11.5 Å². The summed E-state index contributed by atoms with van der Waals surface area (Å²) in [6.07, 6.45) is 1.13. The van der Waals surface area contributed by atoms with E-state index in [1.807, 2.05) is 6.07 Å². The molecule has 0 spiro atoms. The highest BCUT2D eigenvalue weighted by molar-refractivity contribution is 9.10. The molecule has 0 aliphatic heterocycles. The number of nitrogens with zero attached hydrogens (tertiary/aromatic N) is 3. The van der Waals surface area contributed by atoms with Crippen LogP contribution in [0, 0.1) is 16.5 Å². The van der Waals surface area contributed by atoms with Crippen molar-refractivity contribution in [2.45, 2.75) is 33.3 Å². The molecule has 8 nitrogen and oxygen atoms in total. The lowest BCUT2D eigenvalue weighted by Crippen LogP contribution is -2.35. The number of carbonyl (C=O) groups is 1. The fraction of sp³-hybridized carbons (Fsp3) is 0.263. The van der Waals surface area contributed by atoms with Crippen molar-refractivity contribution in [1.29, 1.82) is 5.26 Å². The van der Waals surface area contributed by atoms with Gasteiger partial charge in [-0.2, -0.15) is 9.99 Å². The van der Waals surface area contributed by atoms with E-state index in [4.69, 9.17) is 14.8 Å². The third-order valence-electron chi connectivity index (χ3n) is 3.29. The average molecular weight is 448 g/mol. The maximum Gasteiger partial charge on any atom is 0.308 e. The number of ketones is 1. The molecule has 146 valence electrons. The number of ether oxygens (including phenoxy) is 1. The van der Waals surface area contributed by atoms with Gasteiger partial charge >= 0.3 is 5.69 Å². The van der Waals surface area contributed by atoms with Crippen LogP contribution < -0.4 is 9.47 Å². The molecule has 1 N–H and O–H groups in total. The van der Waals surface area contributed by atoms with Crippen molar-refractivity contribution in [1.82, 2.24) is 0 Å². The van der Waals surface area contributed by atoms with Gasteiger partial charge in [-0.3, -0.25) is 4.79 Å². The first kappa shape index (κ1) is 21.2. The molecule has 0 fully saturated rings. The third-order valence-corrected chi connectivity index (χ3v) is 3.95. The highest BCUT2D eigenvalue weighted by Gasteiger charge is 2.28. The second kappa shape index (κ2) is 8.27. The molecular weight excluding hydrogens is 430 g/mol. The molecule has 0 amide bonds. The molecular formula is C19H18BrN3O5. The number of hydrogen-bond donors (Lipinski definition) is 1. The molecule has 1 heterocycles. The predicted octanol–water partition coefficient (Wildman–Crippen LogP) is 3.42. The molecule has 1 aromatic carbocycles. The summed E-state index contributed by atoms with van der Waals surface area (Å²) in [7, 11) is 0. The molecule has 0 radical (unpaired) electrons. The molecule has 0 unspecified atom stereocenters. The van der Waals surface area contributed by atoms with Gasteiger partial charge in [-0.25, -0.2) is 0 Å². The zero-order valence-electron chi connectivity index (χ0n) is 15.7. The Bertz CT molecular complexity index is 990. The number of hydrogen-bond acceptors (Lipinski definition) is 7. The number of rotatable bonds is 4. The number of benzene rings is 1. The van der Waals surface area contributed by atoms with Crippen molar-refractivity contribution in [3.05, 3.63) is 57.0 Å². The van der Waals surface area contributed by atoms with E-state index in [0.29, 0.717) is 9.20 Å². The van der Waals surface area contributed by atoms with Gasteiger partial charge in [0.15, 0.2) is 6.20 Å². The van der Waals surface area contributed by atoms with Crippen molar-refractivity contribution in [2.75, 3.05) is 0 Å². The van der Waals surface area contributed by atoms with Gasteiger partial charge in [-0.05, 0) is 54.9 Å². The lowest BCUT2D eigenvalue weighted by atomic mass is 10.0. The molecule has 28 heavy (non-hydrogen) atoms. The average Bonchev–Trinajstić information content (AvgIpc) is 2.60. The van der Waals surface area contributed by atoms with E-state index in [-0.39, 0.29) is 28.5 Å². The van der Waals surface area contributed by atoms with Crippen LogP contribution in [0.25, 0.3) is 0 Å². The number of oxime groups is 1. The van der Waals surface area contributed by atoms with Crippen LogP contribution in [-0.4, -0.2) is 22.4 Å². The summed E-state index contributed by atoms with van der Waals surface area (Å²) in [5.41, 5.74) is -0.901. The lowest BCUT2D eigenvalue weighted by molar-refractivity contribution is -0.607. The summed E-state index contributed by atoms with van der Waals surface area (Å²) in [4.78, 5) is 18.2. The number of carbonyl (C=O) groups excluding carboxylic acids is 1. The molecule has 0 atom stereocenters. The molecule has 0 aliphatic carbocycles. The van der Waals surface area contributed by atoms with Crippen LogP contribution in [-0.2, 0) is 4.84 Å². The molecule has 0 aliphatic rings. The van der Waals surface area contributed by atoms with Crippen molar-refractivity contribution in [3.63, 3.8) is 0 Å². The monoisotopic (exact) mass is 447 g/mol. The number of aromatic hydroxyl groups is 1. The summed E-state index contributed by atoms with van der Waals surface area (Å²) >= 11 is 3.16. The summed E-state index contributed by atoms with van der Waals surface area (Å²) < 4.78 is 6.16. The summed E-state index contributed by atoms with van der Waals surface area (Å²) in [6.45, 7) is 6.92. The van der Waals surface area contributed by atoms with E-state index in [9.17, 15) is 15.1 Å². The van der Waals surface area contributed by atoms with Crippen molar-refractivity contribution in [3.8, 4) is 17.6 Å². The van der Waals surface area contributed by atoms with E-state index >= 15 is 0 Å². The first-order chi connectivity index (χ1) is 13.0. The number of aromatic nitrogens is 1. The summed E-state index contributed by atoms with van der Waals surface area (Å²) in [6, 6.07) is 7.12. The lowest BCUT2D eigenvalue weighted by Gasteiger charge is -2.16. The molecule has 0 saturated heterocycles.